The molecule has 0 fully saturated rings. The lowest BCUT2D eigenvalue weighted by molar-refractivity contribution is 1.75. The van der Waals surface area contributed by atoms with Crippen molar-refractivity contribution in [2.45, 2.75) is 0 Å². The Bertz CT molecular complexity index is 1750. The summed E-state index contributed by atoms with van der Waals surface area (Å²) in [5.74, 6) is 0. The first-order valence-corrected chi connectivity index (χ1v) is 12.5. The van der Waals surface area contributed by atoms with Gasteiger partial charge in [-0.05, 0) is 120 Å². The molecule has 0 N–H and O–H groups in total. The first-order chi connectivity index (χ1) is 15.8. The van der Waals surface area contributed by atoms with Crippen LogP contribution in [0.5, 0.6) is 0 Å². The molecule has 2 aromatic heterocycles. The van der Waals surface area contributed by atoms with Crippen molar-refractivity contribution in [1.82, 2.24) is 0 Å². The standard InChI is InChI=1S/C30H18S2/c1-2-6-20-12-22-14-24-17-27-25(15-23(24)13-21(22)11-19(20)5-1)16-26(29-7-3-9-31-29)18-28(27)30-8-4-10-32-30/h1-18H. The molecule has 0 nitrogen and oxygen atoms in total. The summed E-state index contributed by atoms with van der Waals surface area (Å²) in [4.78, 5) is 2.63. The lowest BCUT2D eigenvalue weighted by Crippen LogP contribution is -1.85. The molecule has 0 aliphatic rings. The van der Waals surface area contributed by atoms with Gasteiger partial charge in [-0.25, -0.2) is 0 Å². The van der Waals surface area contributed by atoms with E-state index >= 15 is 0 Å². The molecule has 0 spiro atoms. The van der Waals surface area contributed by atoms with Gasteiger partial charge in [-0.1, -0.05) is 36.4 Å². The van der Waals surface area contributed by atoms with Crippen molar-refractivity contribution in [2.24, 2.45) is 0 Å². The topological polar surface area (TPSA) is 0 Å². The summed E-state index contributed by atoms with van der Waals surface area (Å²) in [6.07, 6.45) is 0. The van der Waals surface area contributed by atoms with E-state index in [0.29, 0.717) is 0 Å². The van der Waals surface area contributed by atoms with Gasteiger partial charge in [0.25, 0.3) is 0 Å². The molecule has 32 heavy (non-hydrogen) atoms. The molecule has 0 radical (unpaired) electrons. The van der Waals surface area contributed by atoms with Gasteiger partial charge in [0.2, 0.25) is 0 Å². The molecule has 0 amide bonds. The van der Waals surface area contributed by atoms with E-state index in [9.17, 15) is 0 Å². The quantitative estimate of drug-likeness (QED) is 0.234. The van der Waals surface area contributed by atoms with Crippen LogP contribution in [-0.2, 0) is 0 Å². The normalized spacial score (nSPS) is 11.8. The minimum absolute atomic E-state index is 1.29. The number of hydrogen-bond acceptors (Lipinski definition) is 2. The minimum atomic E-state index is 1.29. The number of rotatable bonds is 2. The smallest absolute Gasteiger partial charge is 0.0349 e. The highest BCUT2D eigenvalue weighted by Crippen LogP contribution is 2.39. The van der Waals surface area contributed by atoms with Gasteiger partial charge >= 0.3 is 0 Å². The van der Waals surface area contributed by atoms with Gasteiger partial charge in [-0.3, -0.25) is 0 Å². The van der Waals surface area contributed by atoms with E-state index in [1.54, 1.807) is 11.3 Å². The fourth-order valence-electron chi connectivity index (χ4n) is 4.78. The average Bonchev–Trinajstić information content (AvgIpc) is 3.54. The van der Waals surface area contributed by atoms with Crippen LogP contribution in [-0.4, -0.2) is 0 Å². The molecule has 150 valence electrons. The van der Waals surface area contributed by atoms with Gasteiger partial charge in [0.15, 0.2) is 0 Å². The summed E-state index contributed by atoms with van der Waals surface area (Å²) < 4.78 is 0. The van der Waals surface area contributed by atoms with Crippen molar-refractivity contribution in [3.05, 3.63) is 108 Å². The first kappa shape index (κ1) is 18.1. The van der Waals surface area contributed by atoms with Crippen molar-refractivity contribution in [3.8, 4) is 20.9 Å². The van der Waals surface area contributed by atoms with Crippen LogP contribution in [0.4, 0.5) is 0 Å². The van der Waals surface area contributed by atoms with Crippen molar-refractivity contribution < 1.29 is 0 Å². The zero-order valence-electron chi connectivity index (χ0n) is 17.2. The maximum absolute atomic E-state index is 2.38. The van der Waals surface area contributed by atoms with E-state index in [-0.39, 0.29) is 0 Å². The largest absolute Gasteiger partial charge is 0.144 e. The summed E-state index contributed by atoms with van der Waals surface area (Å²) in [6.45, 7) is 0. The van der Waals surface area contributed by atoms with E-state index < -0.39 is 0 Å². The molecule has 0 aliphatic heterocycles. The Morgan fingerprint density at radius 2 is 0.969 bits per heavy atom. The van der Waals surface area contributed by atoms with Crippen molar-refractivity contribution >= 4 is 65.8 Å². The lowest BCUT2D eigenvalue weighted by atomic mass is 9.94. The molecule has 0 unspecified atom stereocenters. The fourth-order valence-corrected chi connectivity index (χ4v) is 6.25. The molecule has 2 heterocycles. The molecule has 7 aromatic rings. The Morgan fingerprint density at radius 3 is 1.59 bits per heavy atom. The van der Waals surface area contributed by atoms with Gasteiger partial charge in [0, 0.05) is 15.3 Å². The molecule has 0 saturated heterocycles. The van der Waals surface area contributed by atoms with E-state index in [0.717, 1.165) is 0 Å². The molecule has 0 bridgehead atoms. The monoisotopic (exact) mass is 442 g/mol. The third-order valence-corrected chi connectivity index (χ3v) is 8.14. The highest BCUT2D eigenvalue weighted by atomic mass is 32.1. The third-order valence-electron chi connectivity index (χ3n) is 6.32. The van der Waals surface area contributed by atoms with E-state index in [2.05, 4.69) is 108 Å². The van der Waals surface area contributed by atoms with Crippen LogP contribution in [0.2, 0.25) is 0 Å². The van der Waals surface area contributed by atoms with Crippen LogP contribution in [0.25, 0.3) is 64.0 Å². The zero-order valence-corrected chi connectivity index (χ0v) is 18.8. The summed E-state index contributed by atoms with van der Waals surface area (Å²) in [7, 11) is 0. The molecular formula is C30H18S2. The molecular weight excluding hydrogens is 424 g/mol. The fraction of sp³-hybridized carbons (Fsp3) is 0. The van der Waals surface area contributed by atoms with Gasteiger partial charge in [0.1, 0.15) is 0 Å². The average molecular weight is 443 g/mol. The first-order valence-electron chi connectivity index (χ1n) is 10.7. The second kappa shape index (κ2) is 7.03. The number of hydrogen-bond donors (Lipinski definition) is 0. The van der Waals surface area contributed by atoms with Crippen LogP contribution in [0, 0.1) is 0 Å². The molecule has 0 aliphatic carbocycles. The van der Waals surface area contributed by atoms with Gasteiger partial charge in [-0.2, -0.15) is 0 Å². The van der Waals surface area contributed by atoms with Crippen LogP contribution in [0.3, 0.4) is 0 Å². The Morgan fingerprint density at radius 1 is 0.406 bits per heavy atom. The van der Waals surface area contributed by atoms with Gasteiger partial charge < -0.3 is 0 Å². The van der Waals surface area contributed by atoms with Gasteiger partial charge in [-0.15, -0.1) is 22.7 Å². The second-order valence-electron chi connectivity index (χ2n) is 8.30. The van der Waals surface area contributed by atoms with Crippen molar-refractivity contribution in [2.75, 3.05) is 0 Å². The highest BCUT2D eigenvalue weighted by Gasteiger charge is 2.11. The number of fused-ring (bicyclic) bond motifs is 4. The van der Waals surface area contributed by atoms with Crippen LogP contribution in [0.1, 0.15) is 0 Å². The predicted octanol–water partition coefficient (Wildman–Crippen LogP) is 9.76. The minimum Gasteiger partial charge on any atom is -0.144 e. The molecule has 0 atom stereocenters. The number of benzene rings is 5. The zero-order chi connectivity index (χ0) is 21.1. The summed E-state index contributed by atoms with van der Waals surface area (Å²) in [5.41, 5.74) is 2.61. The summed E-state index contributed by atoms with van der Waals surface area (Å²) in [6, 6.07) is 36.1. The Labute approximate surface area is 194 Å². The second-order valence-corrected chi connectivity index (χ2v) is 10.2. The molecule has 2 heteroatoms. The lowest BCUT2D eigenvalue weighted by Gasteiger charge is -2.12. The number of thiophene rings is 2. The predicted molar refractivity (Wildman–Crippen MR) is 143 cm³/mol. The van der Waals surface area contributed by atoms with Crippen LogP contribution >= 0.6 is 22.7 Å². The maximum atomic E-state index is 2.38. The van der Waals surface area contributed by atoms with E-state index in [1.807, 2.05) is 11.3 Å². The van der Waals surface area contributed by atoms with Gasteiger partial charge in [0.05, 0.1) is 0 Å². The Kier molecular flexibility index (Phi) is 3.98. The molecule has 7 rings (SSSR count). The highest BCUT2D eigenvalue weighted by molar-refractivity contribution is 7.14. The van der Waals surface area contributed by atoms with Crippen molar-refractivity contribution in [3.63, 3.8) is 0 Å². The van der Waals surface area contributed by atoms with Crippen LogP contribution in [0.15, 0.2) is 108 Å². The summed E-state index contributed by atoms with van der Waals surface area (Å²) >= 11 is 3.61. The van der Waals surface area contributed by atoms with Crippen LogP contribution < -0.4 is 0 Å². The third kappa shape index (κ3) is 2.88. The molecule has 0 saturated carbocycles. The summed E-state index contributed by atoms with van der Waals surface area (Å²) in [5, 5.41) is 14.7. The maximum Gasteiger partial charge on any atom is 0.0349 e. The Hall–Kier alpha value is -3.46. The SMILES string of the molecule is c1csc(-c2cc(-c3cccs3)c3cc4cc5cc6ccccc6cc5cc4cc3c2)c1. The molecule has 5 aromatic carbocycles. The van der Waals surface area contributed by atoms with E-state index in [4.69, 9.17) is 0 Å². The van der Waals surface area contributed by atoms with E-state index in [1.165, 1.54) is 64.0 Å². The Balaban J connectivity index is 1.56. The van der Waals surface area contributed by atoms with Crippen molar-refractivity contribution in [1.29, 1.82) is 0 Å².